The molecule has 0 saturated heterocycles. The van der Waals surface area contributed by atoms with Crippen molar-refractivity contribution in [2.45, 2.75) is 19.8 Å². The van der Waals surface area contributed by atoms with Gasteiger partial charge in [-0.25, -0.2) is 9.97 Å². The molecule has 0 aliphatic heterocycles. The van der Waals surface area contributed by atoms with Gasteiger partial charge in [0, 0.05) is 14.5 Å². The van der Waals surface area contributed by atoms with E-state index in [2.05, 4.69) is 37.9 Å². The number of benzene rings is 1. The minimum absolute atomic E-state index is 0.115. The van der Waals surface area contributed by atoms with E-state index >= 15 is 0 Å². The molecule has 0 radical (unpaired) electrons. The molecule has 110 valence electrons. The first-order chi connectivity index (χ1) is 9.88. The number of aromatic nitrogens is 2. The van der Waals surface area contributed by atoms with E-state index in [-0.39, 0.29) is 22.5 Å². The number of rotatable bonds is 3. The highest BCUT2D eigenvalue weighted by atomic mass is 127. The lowest BCUT2D eigenvalue weighted by Crippen LogP contribution is -2.17. The van der Waals surface area contributed by atoms with Gasteiger partial charge in [-0.1, -0.05) is 37.0 Å². The first-order valence-corrected chi connectivity index (χ1v) is 8.00. The van der Waals surface area contributed by atoms with Crippen molar-refractivity contribution in [3.05, 3.63) is 49.5 Å². The van der Waals surface area contributed by atoms with Crippen LogP contribution >= 0.6 is 45.8 Å². The van der Waals surface area contributed by atoms with E-state index in [0.717, 1.165) is 3.57 Å². The molecule has 1 amide bonds. The van der Waals surface area contributed by atoms with Gasteiger partial charge < -0.3 is 5.32 Å². The van der Waals surface area contributed by atoms with Crippen molar-refractivity contribution in [2.75, 3.05) is 5.32 Å². The van der Waals surface area contributed by atoms with Crippen LogP contribution in [0.25, 0.3) is 0 Å². The zero-order chi connectivity index (χ0) is 15.6. The summed E-state index contributed by atoms with van der Waals surface area (Å²) in [6, 6.07) is 5.21. The number of amides is 1. The number of anilines is 1. The Balaban J connectivity index is 2.30. The van der Waals surface area contributed by atoms with E-state index < -0.39 is 0 Å². The molecule has 0 atom stereocenters. The van der Waals surface area contributed by atoms with Crippen molar-refractivity contribution in [3.8, 4) is 0 Å². The number of carbonyl (C=O) groups is 1. The molecular formula is C14H12Cl2IN3O. The molecule has 0 aliphatic carbocycles. The average molecular weight is 436 g/mol. The molecule has 2 aromatic rings. The van der Waals surface area contributed by atoms with Crippen LogP contribution in [0.4, 0.5) is 5.69 Å². The van der Waals surface area contributed by atoms with Crippen LogP contribution in [-0.4, -0.2) is 15.9 Å². The molecule has 2 rings (SSSR count). The summed E-state index contributed by atoms with van der Waals surface area (Å²) in [6.45, 7) is 3.90. The van der Waals surface area contributed by atoms with Crippen LogP contribution in [-0.2, 0) is 0 Å². The summed E-state index contributed by atoms with van der Waals surface area (Å²) in [4.78, 5) is 20.7. The fourth-order valence-corrected chi connectivity index (χ4v) is 2.77. The predicted octanol–water partition coefficient (Wildman–Crippen LogP) is 4.76. The molecule has 7 heteroatoms. The zero-order valence-corrected chi connectivity index (χ0v) is 15.0. The van der Waals surface area contributed by atoms with Crippen molar-refractivity contribution in [2.24, 2.45) is 0 Å². The normalized spacial score (nSPS) is 10.8. The van der Waals surface area contributed by atoms with Gasteiger partial charge >= 0.3 is 0 Å². The molecule has 0 unspecified atom stereocenters. The zero-order valence-electron chi connectivity index (χ0n) is 11.3. The van der Waals surface area contributed by atoms with Gasteiger partial charge in [-0.05, 0) is 40.8 Å². The summed E-state index contributed by atoms with van der Waals surface area (Å²) in [5.41, 5.74) is 0.826. The largest absolute Gasteiger partial charge is 0.320 e. The highest BCUT2D eigenvalue weighted by molar-refractivity contribution is 14.1. The minimum Gasteiger partial charge on any atom is -0.320 e. The Labute approximate surface area is 146 Å². The van der Waals surface area contributed by atoms with Crippen molar-refractivity contribution < 1.29 is 4.79 Å². The third-order valence-electron chi connectivity index (χ3n) is 2.67. The van der Waals surface area contributed by atoms with Gasteiger partial charge in [-0.3, -0.25) is 4.79 Å². The molecule has 0 spiro atoms. The van der Waals surface area contributed by atoms with Crippen LogP contribution in [0.2, 0.25) is 10.0 Å². The van der Waals surface area contributed by atoms with E-state index in [1.54, 1.807) is 18.2 Å². The Hall–Kier alpha value is -0.920. The Kier molecular flexibility index (Phi) is 5.40. The van der Waals surface area contributed by atoms with E-state index in [1.807, 2.05) is 13.8 Å². The van der Waals surface area contributed by atoms with Gasteiger partial charge in [0.15, 0.2) is 5.69 Å². The summed E-state index contributed by atoms with van der Waals surface area (Å²) < 4.78 is 0.836. The van der Waals surface area contributed by atoms with Gasteiger partial charge in [0.25, 0.3) is 5.91 Å². The lowest BCUT2D eigenvalue weighted by molar-refractivity contribution is 0.102. The molecule has 1 aromatic carbocycles. The molecule has 1 N–H and O–H groups in total. The van der Waals surface area contributed by atoms with Gasteiger partial charge in [0.05, 0.1) is 16.9 Å². The summed E-state index contributed by atoms with van der Waals surface area (Å²) in [5.74, 6) is 0.323. The van der Waals surface area contributed by atoms with Crippen molar-refractivity contribution in [1.29, 1.82) is 0 Å². The maximum atomic E-state index is 12.3. The van der Waals surface area contributed by atoms with Crippen LogP contribution in [0.5, 0.6) is 0 Å². The van der Waals surface area contributed by atoms with Crippen molar-refractivity contribution in [3.63, 3.8) is 0 Å². The molecular weight excluding hydrogens is 424 g/mol. The Morgan fingerprint density at radius 2 is 2.05 bits per heavy atom. The Morgan fingerprint density at radius 1 is 1.33 bits per heavy atom. The van der Waals surface area contributed by atoms with Crippen LogP contribution in [0.3, 0.4) is 0 Å². The predicted molar refractivity (Wildman–Crippen MR) is 93.3 cm³/mol. The van der Waals surface area contributed by atoms with Crippen molar-refractivity contribution >= 4 is 57.4 Å². The second-order valence-electron chi connectivity index (χ2n) is 4.66. The van der Waals surface area contributed by atoms with Gasteiger partial charge in [0.2, 0.25) is 0 Å². The number of nitrogens with zero attached hydrogens (tertiary/aromatic N) is 2. The minimum atomic E-state index is -0.371. The molecule has 1 heterocycles. The topological polar surface area (TPSA) is 54.9 Å². The molecule has 0 bridgehead atoms. The quantitative estimate of drug-likeness (QED) is 0.707. The molecule has 0 aliphatic rings. The standard InChI is InChI=1S/C14H12Cl2IN3O/c1-7(2)13-18-6-9(16)12(20-13)14(21)19-11-4-3-8(15)5-10(11)17/h3-7H,1-2H3,(H,19,21). The number of hydrogen-bond acceptors (Lipinski definition) is 3. The highest BCUT2D eigenvalue weighted by Gasteiger charge is 2.16. The monoisotopic (exact) mass is 435 g/mol. The van der Waals surface area contributed by atoms with Crippen LogP contribution < -0.4 is 5.32 Å². The molecule has 1 aromatic heterocycles. The van der Waals surface area contributed by atoms with Crippen LogP contribution in [0, 0.1) is 3.57 Å². The fourth-order valence-electron chi connectivity index (χ4n) is 1.59. The molecule has 21 heavy (non-hydrogen) atoms. The number of carbonyl (C=O) groups excluding carboxylic acids is 1. The molecule has 4 nitrogen and oxygen atoms in total. The van der Waals surface area contributed by atoms with Crippen LogP contribution in [0.15, 0.2) is 24.4 Å². The Bertz CT molecular complexity index is 692. The summed E-state index contributed by atoms with van der Waals surface area (Å²) >= 11 is 14.0. The van der Waals surface area contributed by atoms with E-state index in [1.165, 1.54) is 6.20 Å². The number of halogens is 3. The van der Waals surface area contributed by atoms with Crippen LogP contribution in [0.1, 0.15) is 36.1 Å². The Morgan fingerprint density at radius 3 is 2.67 bits per heavy atom. The molecule has 0 saturated carbocycles. The highest BCUT2D eigenvalue weighted by Crippen LogP contribution is 2.24. The molecule has 0 fully saturated rings. The SMILES string of the molecule is CC(C)c1ncc(Cl)c(C(=O)Nc2ccc(Cl)cc2I)n1. The summed E-state index contributed by atoms with van der Waals surface area (Å²) in [5, 5.41) is 3.61. The van der Waals surface area contributed by atoms with E-state index in [0.29, 0.717) is 16.5 Å². The van der Waals surface area contributed by atoms with Crippen molar-refractivity contribution in [1.82, 2.24) is 9.97 Å². The lowest BCUT2D eigenvalue weighted by Gasteiger charge is -2.10. The van der Waals surface area contributed by atoms with Gasteiger partial charge in [-0.15, -0.1) is 0 Å². The fraction of sp³-hybridized carbons (Fsp3) is 0.214. The van der Waals surface area contributed by atoms with Gasteiger partial charge in [-0.2, -0.15) is 0 Å². The van der Waals surface area contributed by atoms with E-state index in [4.69, 9.17) is 23.2 Å². The third kappa shape index (κ3) is 4.05. The lowest BCUT2D eigenvalue weighted by atomic mass is 10.2. The third-order valence-corrected chi connectivity index (χ3v) is 4.08. The smallest absolute Gasteiger partial charge is 0.275 e. The first-order valence-electron chi connectivity index (χ1n) is 6.17. The second kappa shape index (κ2) is 6.89. The summed E-state index contributed by atoms with van der Waals surface area (Å²) in [6.07, 6.45) is 1.45. The maximum absolute atomic E-state index is 12.3. The average Bonchev–Trinajstić information content (AvgIpc) is 2.42. The number of hydrogen-bond donors (Lipinski definition) is 1. The van der Waals surface area contributed by atoms with E-state index in [9.17, 15) is 4.79 Å². The number of nitrogens with one attached hydrogen (secondary N) is 1. The second-order valence-corrected chi connectivity index (χ2v) is 6.66. The first kappa shape index (κ1) is 16.5. The maximum Gasteiger partial charge on any atom is 0.275 e. The summed E-state index contributed by atoms with van der Waals surface area (Å²) in [7, 11) is 0. The van der Waals surface area contributed by atoms with Gasteiger partial charge in [0.1, 0.15) is 5.82 Å².